The average Bonchev–Trinajstić information content (AvgIpc) is 2.47. The van der Waals surface area contributed by atoms with Gasteiger partial charge in [-0.15, -0.1) is 12.4 Å². The molecular weight excluding hydrogens is 331 g/mol. The lowest BCUT2D eigenvalue weighted by atomic mass is 9.65. The van der Waals surface area contributed by atoms with Crippen LogP contribution in [0.2, 0.25) is 5.02 Å². The minimum Gasteiger partial charge on any atom is -0.349 e. The van der Waals surface area contributed by atoms with E-state index in [1.807, 2.05) is 31.2 Å². The Morgan fingerprint density at radius 3 is 2.35 bits per heavy atom. The second-order valence-electron chi connectivity index (χ2n) is 6.98. The molecular formula is C18H26Cl2N2O. The molecule has 3 nitrogen and oxygen atoms in total. The number of nitrogens with two attached hydrogens (primary N) is 1. The summed E-state index contributed by atoms with van der Waals surface area (Å²) in [7, 11) is 0. The van der Waals surface area contributed by atoms with Crippen molar-refractivity contribution in [1.29, 1.82) is 0 Å². The molecule has 0 aliphatic heterocycles. The van der Waals surface area contributed by atoms with E-state index in [0.717, 1.165) is 23.4 Å². The summed E-state index contributed by atoms with van der Waals surface area (Å²) in [5.41, 5.74) is 7.40. The van der Waals surface area contributed by atoms with E-state index in [1.165, 1.54) is 19.3 Å². The van der Waals surface area contributed by atoms with Crippen LogP contribution in [0.1, 0.15) is 50.6 Å². The summed E-state index contributed by atoms with van der Waals surface area (Å²) >= 11 is 5.91. The molecule has 5 heteroatoms. The standard InChI is InChI=1S/C18H25ClN2O.ClH/c1-11(12-5-7-16(19)8-6-12)21-18(22)15-9-13-3-2-4-14(10-15)17(13)20;/h5-8,11,13-15,17H,2-4,9-10,20H2,1H3,(H,21,22);1H. The molecule has 1 aromatic carbocycles. The molecule has 3 rings (SSSR count). The summed E-state index contributed by atoms with van der Waals surface area (Å²) in [4.78, 5) is 12.6. The molecule has 0 heterocycles. The highest BCUT2D eigenvalue weighted by molar-refractivity contribution is 6.30. The van der Waals surface area contributed by atoms with Crippen LogP contribution in [0.15, 0.2) is 24.3 Å². The van der Waals surface area contributed by atoms with E-state index in [2.05, 4.69) is 5.32 Å². The summed E-state index contributed by atoms with van der Waals surface area (Å²) in [6.45, 7) is 2.02. The van der Waals surface area contributed by atoms with E-state index in [1.54, 1.807) is 0 Å². The Morgan fingerprint density at radius 1 is 1.22 bits per heavy atom. The third-order valence-corrected chi connectivity index (χ3v) is 5.76. The zero-order valence-corrected chi connectivity index (χ0v) is 15.1. The first kappa shape index (κ1) is 18.6. The molecule has 1 amide bonds. The van der Waals surface area contributed by atoms with Crippen molar-refractivity contribution in [2.24, 2.45) is 23.5 Å². The fourth-order valence-corrected chi connectivity index (χ4v) is 4.30. The lowest BCUT2D eigenvalue weighted by molar-refractivity contribution is -0.128. The molecule has 2 aliphatic rings. The van der Waals surface area contributed by atoms with Gasteiger partial charge in [-0.1, -0.05) is 30.2 Å². The van der Waals surface area contributed by atoms with E-state index < -0.39 is 0 Å². The predicted molar refractivity (Wildman–Crippen MR) is 96.8 cm³/mol. The molecule has 2 fully saturated rings. The lowest BCUT2D eigenvalue weighted by Crippen LogP contribution is -2.49. The van der Waals surface area contributed by atoms with E-state index in [-0.39, 0.29) is 30.3 Å². The van der Waals surface area contributed by atoms with Crippen molar-refractivity contribution >= 4 is 29.9 Å². The van der Waals surface area contributed by atoms with E-state index in [9.17, 15) is 4.79 Å². The van der Waals surface area contributed by atoms with Gasteiger partial charge in [0.05, 0.1) is 6.04 Å². The van der Waals surface area contributed by atoms with Gasteiger partial charge in [-0.3, -0.25) is 4.79 Å². The number of hydrogen-bond donors (Lipinski definition) is 2. The molecule has 3 unspecified atom stereocenters. The molecule has 0 saturated heterocycles. The van der Waals surface area contributed by atoms with Crippen molar-refractivity contribution in [3.8, 4) is 0 Å². The van der Waals surface area contributed by atoms with Gasteiger partial charge in [-0.25, -0.2) is 0 Å². The Bertz CT molecular complexity index is 520. The monoisotopic (exact) mass is 356 g/mol. The fraction of sp³-hybridized carbons (Fsp3) is 0.611. The predicted octanol–water partition coefficient (Wildman–Crippen LogP) is 4.09. The number of rotatable bonds is 3. The lowest BCUT2D eigenvalue weighted by Gasteiger charge is -2.43. The maximum atomic E-state index is 12.6. The van der Waals surface area contributed by atoms with Crippen LogP contribution in [-0.4, -0.2) is 11.9 Å². The van der Waals surface area contributed by atoms with Gasteiger partial charge >= 0.3 is 0 Å². The van der Waals surface area contributed by atoms with Gasteiger partial charge in [0.25, 0.3) is 0 Å². The maximum absolute atomic E-state index is 12.6. The first-order chi connectivity index (χ1) is 10.5. The summed E-state index contributed by atoms with van der Waals surface area (Å²) in [6.07, 6.45) is 5.56. The number of halogens is 2. The molecule has 1 aromatic rings. The fourth-order valence-electron chi connectivity index (χ4n) is 4.17. The minimum atomic E-state index is 0. The third kappa shape index (κ3) is 4.20. The van der Waals surface area contributed by atoms with Crippen molar-refractivity contribution in [2.45, 2.75) is 51.1 Å². The van der Waals surface area contributed by atoms with Crippen LogP contribution in [-0.2, 0) is 4.79 Å². The van der Waals surface area contributed by atoms with Gasteiger partial charge in [0.15, 0.2) is 0 Å². The third-order valence-electron chi connectivity index (χ3n) is 5.51. The first-order valence-corrected chi connectivity index (χ1v) is 8.74. The van der Waals surface area contributed by atoms with Crippen molar-refractivity contribution in [2.75, 3.05) is 0 Å². The highest BCUT2D eigenvalue weighted by atomic mass is 35.5. The number of nitrogens with one attached hydrogen (secondary N) is 1. The van der Waals surface area contributed by atoms with E-state index in [4.69, 9.17) is 17.3 Å². The smallest absolute Gasteiger partial charge is 0.223 e. The minimum absolute atomic E-state index is 0. The average molecular weight is 357 g/mol. The molecule has 2 bridgehead atoms. The van der Waals surface area contributed by atoms with Crippen molar-refractivity contribution in [3.05, 3.63) is 34.9 Å². The number of benzene rings is 1. The second-order valence-corrected chi connectivity index (χ2v) is 7.42. The van der Waals surface area contributed by atoms with Crippen LogP contribution in [0.3, 0.4) is 0 Å². The zero-order valence-electron chi connectivity index (χ0n) is 13.5. The second kappa shape index (κ2) is 7.87. The zero-order chi connectivity index (χ0) is 15.7. The van der Waals surface area contributed by atoms with Crippen molar-refractivity contribution in [3.63, 3.8) is 0 Å². The highest BCUT2D eigenvalue weighted by Crippen LogP contribution is 2.42. The molecule has 23 heavy (non-hydrogen) atoms. The largest absolute Gasteiger partial charge is 0.349 e. The Labute approximate surface area is 149 Å². The van der Waals surface area contributed by atoms with Gasteiger partial charge < -0.3 is 11.1 Å². The molecule has 0 spiro atoms. The normalized spacial score (nSPS) is 30.9. The van der Waals surface area contributed by atoms with Crippen LogP contribution >= 0.6 is 24.0 Å². The van der Waals surface area contributed by atoms with E-state index >= 15 is 0 Å². The first-order valence-electron chi connectivity index (χ1n) is 8.36. The molecule has 3 N–H and O–H groups in total. The summed E-state index contributed by atoms with van der Waals surface area (Å²) in [6, 6.07) is 8.00. The van der Waals surface area contributed by atoms with Crippen LogP contribution in [0, 0.1) is 17.8 Å². The molecule has 2 saturated carbocycles. The Balaban J connectivity index is 0.00000192. The summed E-state index contributed by atoms with van der Waals surface area (Å²) in [5.74, 6) is 1.39. The number of carbonyl (C=O) groups is 1. The van der Waals surface area contributed by atoms with Gasteiger partial charge in [0.1, 0.15) is 0 Å². The summed E-state index contributed by atoms with van der Waals surface area (Å²) in [5, 5.41) is 3.89. The van der Waals surface area contributed by atoms with E-state index in [0.29, 0.717) is 17.9 Å². The number of carbonyl (C=O) groups excluding carboxylic acids is 1. The molecule has 0 aromatic heterocycles. The number of hydrogen-bond acceptors (Lipinski definition) is 2. The molecule has 2 aliphatic carbocycles. The van der Waals surface area contributed by atoms with Crippen LogP contribution < -0.4 is 11.1 Å². The Hall–Kier alpha value is -0.770. The molecule has 3 atom stereocenters. The Kier molecular flexibility index (Phi) is 6.35. The van der Waals surface area contributed by atoms with Crippen molar-refractivity contribution < 1.29 is 4.79 Å². The van der Waals surface area contributed by atoms with Crippen LogP contribution in [0.5, 0.6) is 0 Å². The number of fused-ring (bicyclic) bond motifs is 2. The quantitative estimate of drug-likeness (QED) is 0.856. The SMILES string of the molecule is CC(NC(=O)C1CC2CCCC(C1)C2N)c1ccc(Cl)cc1.Cl. The van der Waals surface area contributed by atoms with Crippen molar-refractivity contribution in [1.82, 2.24) is 5.32 Å². The van der Waals surface area contributed by atoms with Crippen LogP contribution in [0.25, 0.3) is 0 Å². The number of amides is 1. The van der Waals surface area contributed by atoms with Crippen LogP contribution in [0.4, 0.5) is 0 Å². The Morgan fingerprint density at radius 2 is 1.78 bits per heavy atom. The highest BCUT2D eigenvalue weighted by Gasteiger charge is 2.40. The van der Waals surface area contributed by atoms with Gasteiger partial charge in [0.2, 0.25) is 5.91 Å². The van der Waals surface area contributed by atoms with Gasteiger partial charge in [-0.2, -0.15) is 0 Å². The summed E-state index contributed by atoms with van der Waals surface area (Å²) < 4.78 is 0. The molecule has 0 radical (unpaired) electrons. The molecule has 128 valence electrons. The van der Waals surface area contributed by atoms with Gasteiger partial charge in [-0.05, 0) is 62.1 Å². The maximum Gasteiger partial charge on any atom is 0.223 e. The topological polar surface area (TPSA) is 55.1 Å². The van der Waals surface area contributed by atoms with Gasteiger partial charge in [0, 0.05) is 17.0 Å².